The number of rotatable bonds is 5. The summed E-state index contributed by atoms with van der Waals surface area (Å²) in [7, 11) is 1.61. The molecule has 1 heterocycles. The Morgan fingerprint density at radius 3 is 2.28 bits per heavy atom. The molecule has 3 N–H and O–H groups in total. The summed E-state index contributed by atoms with van der Waals surface area (Å²) in [4.78, 5) is 16.1. The van der Waals surface area contributed by atoms with E-state index in [4.69, 9.17) is 5.73 Å². The van der Waals surface area contributed by atoms with Crippen molar-refractivity contribution in [1.29, 1.82) is 0 Å². The van der Waals surface area contributed by atoms with Crippen molar-refractivity contribution in [3.63, 3.8) is 0 Å². The van der Waals surface area contributed by atoms with Crippen molar-refractivity contribution in [1.82, 2.24) is 9.55 Å². The molecule has 5 heteroatoms. The molecule has 0 saturated carbocycles. The van der Waals surface area contributed by atoms with Gasteiger partial charge in [0.25, 0.3) is 5.56 Å². The third kappa shape index (κ3) is 3.95. The van der Waals surface area contributed by atoms with Gasteiger partial charge in [-0.25, -0.2) is 4.98 Å². The molecule has 128 valence electrons. The highest BCUT2D eigenvalue weighted by atomic mass is 16.3. The normalized spacial score (nSPS) is 10.8. The molecular formula is C20H21N3O2. The molecule has 0 amide bonds. The molecular weight excluding hydrogens is 314 g/mol. The zero-order valence-corrected chi connectivity index (χ0v) is 14.1. The summed E-state index contributed by atoms with van der Waals surface area (Å²) in [5.74, 6) is 0.233. The molecule has 0 bridgehead atoms. The number of aryl methyl sites for hydroxylation is 2. The van der Waals surface area contributed by atoms with Crippen LogP contribution >= 0.6 is 0 Å². The minimum atomic E-state index is -0.142. The number of anilines is 1. The van der Waals surface area contributed by atoms with Crippen molar-refractivity contribution < 1.29 is 5.11 Å². The average Bonchev–Trinajstić information content (AvgIpc) is 2.64. The van der Waals surface area contributed by atoms with Crippen LogP contribution in [0.15, 0.2) is 59.4 Å². The molecule has 0 radical (unpaired) electrons. The fourth-order valence-electron chi connectivity index (χ4n) is 2.76. The third-order valence-corrected chi connectivity index (χ3v) is 4.26. The molecule has 25 heavy (non-hydrogen) atoms. The van der Waals surface area contributed by atoms with E-state index in [1.54, 1.807) is 7.05 Å². The van der Waals surface area contributed by atoms with Crippen LogP contribution in [0.3, 0.4) is 0 Å². The van der Waals surface area contributed by atoms with E-state index in [1.807, 2.05) is 30.3 Å². The summed E-state index contributed by atoms with van der Waals surface area (Å²) in [6, 6.07) is 17.6. The van der Waals surface area contributed by atoms with E-state index >= 15 is 0 Å². The number of nitrogens with two attached hydrogens (primary N) is 1. The standard InChI is InChI=1S/C20H21N3O2/c1-23-19(25)12-18(22-20(23)21)9-8-14-4-2-6-16(10-14)17-7-3-5-15(11-17)13-24/h2-7,10-12,24H,8-9,13H2,1H3,(H2,21,22). The zero-order valence-electron chi connectivity index (χ0n) is 14.1. The summed E-state index contributed by atoms with van der Waals surface area (Å²) in [6.07, 6.45) is 1.42. The number of hydrogen-bond acceptors (Lipinski definition) is 4. The Kier molecular flexibility index (Phi) is 4.95. The first-order valence-corrected chi connectivity index (χ1v) is 8.18. The average molecular weight is 335 g/mol. The van der Waals surface area contributed by atoms with Gasteiger partial charge in [-0.1, -0.05) is 42.5 Å². The van der Waals surface area contributed by atoms with Crippen LogP contribution in [-0.4, -0.2) is 14.7 Å². The fourth-order valence-corrected chi connectivity index (χ4v) is 2.76. The van der Waals surface area contributed by atoms with Crippen molar-refractivity contribution >= 4 is 5.95 Å². The van der Waals surface area contributed by atoms with Crippen LogP contribution in [0.5, 0.6) is 0 Å². The number of aliphatic hydroxyl groups is 1. The van der Waals surface area contributed by atoms with Gasteiger partial charge in [0.15, 0.2) is 0 Å². The maximum absolute atomic E-state index is 11.8. The van der Waals surface area contributed by atoms with Gasteiger partial charge in [-0.05, 0) is 41.2 Å². The third-order valence-electron chi connectivity index (χ3n) is 4.26. The lowest BCUT2D eigenvalue weighted by atomic mass is 9.99. The number of nitrogens with zero attached hydrogens (tertiary/aromatic N) is 2. The molecule has 0 fully saturated rings. The molecule has 0 spiro atoms. The Morgan fingerprint density at radius 1 is 1.00 bits per heavy atom. The summed E-state index contributed by atoms with van der Waals surface area (Å²) in [5.41, 5.74) is 10.5. The fraction of sp³-hybridized carbons (Fsp3) is 0.200. The van der Waals surface area contributed by atoms with Crippen molar-refractivity contribution in [2.75, 3.05) is 5.73 Å². The summed E-state index contributed by atoms with van der Waals surface area (Å²) in [6.45, 7) is 0.0313. The maximum Gasteiger partial charge on any atom is 0.254 e. The first-order chi connectivity index (χ1) is 12.1. The van der Waals surface area contributed by atoms with Crippen LogP contribution in [0, 0.1) is 0 Å². The van der Waals surface area contributed by atoms with E-state index in [0.717, 1.165) is 28.7 Å². The predicted octanol–water partition coefficient (Wildman–Crippen LogP) is 2.31. The zero-order chi connectivity index (χ0) is 17.8. The second-order valence-corrected chi connectivity index (χ2v) is 6.06. The van der Waals surface area contributed by atoms with Gasteiger partial charge in [0.1, 0.15) is 0 Å². The maximum atomic E-state index is 11.8. The lowest BCUT2D eigenvalue weighted by Crippen LogP contribution is -2.21. The molecule has 0 unspecified atom stereocenters. The van der Waals surface area contributed by atoms with Gasteiger partial charge in [0.05, 0.1) is 12.3 Å². The van der Waals surface area contributed by atoms with Gasteiger partial charge >= 0.3 is 0 Å². The molecule has 0 aliphatic carbocycles. The van der Waals surface area contributed by atoms with E-state index in [2.05, 4.69) is 23.2 Å². The van der Waals surface area contributed by atoms with Crippen molar-refractivity contribution in [3.8, 4) is 11.1 Å². The number of nitrogen functional groups attached to an aromatic ring is 1. The Bertz CT molecular complexity index is 948. The van der Waals surface area contributed by atoms with Gasteiger partial charge in [0, 0.05) is 13.1 Å². The van der Waals surface area contributed by atoms with Crippen LogP contribution in [0.4, 0.5) is 5.95 Å². The second-order valence-electron chi connectivity index (χ2n) is 6.06. The Labute approximate surface area is 146 Å². The predicted molar refractivity (Wildman–Crippen MR) is 99.1 cm³/mol. The Morgan fingerprint density at radius 2 is 1.64 bits per heavy atom. The molecule has 3 aromatic rings. The van der Waals surface area contributed by atoms with Gasteiger partial charge in [-0.15, -0.1) is 0 Å². The summed E-state index contributed by atoms with van der Waals surface area (Å²) >= 11 is 0. The largest absolute Gasteiger partial charge is 0.392 e. The van der Waals surface area contributed by atoms with E-state index in [9.17, 15) is 9.90 Å². The smallest absolute Gasteiger partial charge is 0.254 e. The highest BCUT2D eigenvalue weighted by Crippen LogP contribution is 2.22. The highest BCUT2D eigenvalue weighted by molar-refractivity contribution is 5.64. The molecule has 0 aliphatic heterocycles. The molecule has 3 rings (SSSR count). The second kappa shape index (κ2) is 7.32. The van der Waals surface area contributed by atoms with Gasteiger partial charge in [-0.3, -0.25) is 9.36 Å². The number of benzene rings is 2. The lowest BCUT2D eigenvalue weighted by Gasteiger charge is -2.08. The van der Waals surface area contributed by atoms with E-state index in [1.165, 1.54) is 10.6 Å². The van der Waals surface area contributed by atoms with Gasteiger partial charge in [-0.2, -0.15) is 0 Å². The van der Waals surface area contributed by atoms with Gasteiger partial charge < -0.3 is 10.8 Å². The lowest BCUT2D eigenvalue weighted by molar-refractivity contribution is 0.282. The van der Waals surface area contributed by atoms with Crippen molar-refractivity contribution in [2.24, 2.45) is 7.05 Å². The van der Waals surface area contributed by atoms with E-state index in [0.29, 0.717) is 12.1 Å². The number of aliphatic hydroxyl groups excluding tert-OH is 1. The van der Waals surface area contributed by atoms with Crippen LogP contribution in [0.25, 0.3) is 11.1 Å². The highest BCUT2D eigenvalue weighted by Gasteiger charge is 2.05. The Balaban J connectivity index is 1.79. The molecule has 0 atom stereocenters. The quantitative estimate of drug-likeness (QED) is 0.750. The van der Waals surface area contributed by atoms with Gasteiger partial charge in [0.2, 0.25) is 5.95 Å². The van der Waals surface area contributed by atoms with Crippen LogP contribution < -0.4 is 11.3 Å². The molecule has 0 saturated heterocycles. The molecule has 2 aromatic carbocycles. The van der Waals surface area contributed by atoms with Crippen LogP contribution in [0.2, 0.25) is 0 Å². The number of aromatic nitrogens is 2. The number of hydrogen-bond donors (Lipinski definition) is 2. The topological polar surface area (TPSA) is 81.1 Å². The van der Waals surface area contributed by atoms with Crippen molar-refractivity contribution in [2.45, 2.75) is 19.4 Å². The molecule has 0 aliphatic rings. The van der Waals surface area contributed by atoms with Crippen LogP contribution in [-0.2, 0) is 26.5 Å². The summed E-state index contributed by atoms with van der Waals surface area (Å²) in [5, 5.41) is 9.29. The van der Waals surface area contributed by atoms with E-state index in [-0.39, 0.29) is 18.1 Å². The SMILES string of the molecule is Cn1c(N)nc(CCc2cccc(-c3cccc(CO)c3)c2)cc1=O. The van der Waals surface area contributed by atoms with Crippen molar-refractivity contribution in [3.05, 3.63) is 81.8 Å². The monoisotopic (exact) mass is 335 g/mol. The first-order valence-electron chi connectivity index (χ1n) is 8.18. The van der Waals surface area contributed by atoms with Crippen LogP contribution in [0.1, 0.15) is 16.8 Å². The minimum absolute atomic E-state index is 0.0313. The molecule has 1 aromatic heterocycles. The van der Waals surface area contributed by atoms with E-state index < -0.39 is 0 Å². The summed E-state index contributed by atoms with van der Waals surface area (Å²) < 4.78 is 1.33. The minimum Gasteiger partial charge on any atom is -0.392 e. The Hall–Kier alpha value is -2.92. The molecule has 5 nitrogen and oxygen atoms in total. The first kappa shape index (κ1) is 16.9.